The van der Waals surface area contributed by atoms with Crippen LogP contribution in [-0.4, -0.2) is 40.7 Å². The van der Waals surface area contributed by atoms with E-state index in [0.717, 1.165) is 5.56 Å². The maximum absolute atomic E-state index is 10.7. The first kappa shape index (κ1) is 13.4. The second-order valence-electron chi connectivity index (χ2n) is 3.55. The summed E-state index contributed by atoms with van der Waals surface area (Å²) in [5.41, 5.74) is 0.817. The van der Waals surface area contributed by atoms with E-state index in [1.54, 1.807) is 13.1 Å². The Balaban J connectivity index is 2.64. The molecule has 1 rings (SSSR count). The molecule has 0 aliphatic heterocycles. The number of nitrogens with one attached hydrogen (secondary N) is 1. The van der Waals surface area contributed by atoms with Crippen molar-refractivity contribution in [1.29, 1.82) is 0 Å². The van der Waals surface area contributed by atoms with Crippen LogP contribution in [0.1, 0.15) is 18.3 Å². The highest BCUT2D eigenvalue weighted by atomic mass is 16.5. The molecule has 94 valence electrons. The average molecular weight is 239 g/mol. The number of aryl methyl sites for hydroxylation is 1. The van der Waals surface area contributed by atoms with Crippen molar-refractivity contribution < 1.29 is 14.6 Å². The molecule has 17 heavy (non-hydrogen) atoms. The molecule has 1 heterocycles. The van der Waals surface area contributed by atoms with Gasteiger partial charge in [0.1, 0.15) is 12.4 Å². The molecule has 0 atom stereocenters. The van der Waals surface area contributed by atoms with Crippen LogP contribution in [-0.2, 0) is 11.2 Å². The summed E-state index contributed by atoms with van der Waals surface area (Å²) in [6.45, 7) is 3.88. The van der Waals surface area contributed by atoms with Crippen molar-refractivity contribution >= 4 is 5.91 Å². The largest absolute Gasteiger partial charge is 0.475 e. The van der Waals surface area contributed by atoms with Gasteiger partial charge in [0, 0.05) is 25.2 Å². The maximum Gasteiger partial charge on any atom is 0.220 e. The van der Waals surface area contributed by atoms with Gasteiger partial charge in [0.05, 0.1) is 6.61 Å². The van der Waals surface area contributed by atoms with E-state index < -0.39 is 0 Å². The van der Waals surface area contributed by atoms with Crippen LogP contribution in [0.3, 0.4) is 0 Å². The van der Waals surface area contributed by atoms with Gasteiger partial charge in [-0.05, 0) is 13.3 Å². The normalized spacial score (nSPS) is 10.1. The van der Waals surface area contributed by atoms with E-state index >= 15 is 0 Å². The number of hydrogen-bond acceptors (Lipinski definition) is 5. The van der Waals surface area contributed by atoms with Gasteiger partial charge in [-0.25, -0.2) is 4.98 Å². The summed E-state index contributed by atoms with van der Waals surface area (Å²) in [6, 6.07) is 0. The van der Waals surface area contributed by atoms with Crippen molar-refractivity contribution in [3.63, 3.8) is 0 Å². The smallest absolute Gasteiger partial charge is 0.220 e. The Morgan fingerprint density at radius 2 is 2.35 bits per heavy atom. The first-order valence-corrected chi connectivity index (χ1v) is 5.44. The van der Waals surface area contributed by atoms with Crippen LogP contribution in [0.15, 0.2) is 6.20 Å². The summed E-state index contributed by atoms with van der Waals surface area (Å²) in [5, 5.41) is 11.4. The van der Waals surface area contributed by atoms with Crippen LogP contribution in [0.2, 0.25) is 0 Å². The monoisotopic (exact) mass is 239 g/mol. The predicted molar refractivity (Wildman–Crippen MR) is 61.7 cm³/mol. The second kappa shape index (κ2) is 6.80. The van der Waals surface area contributed by atoms with E-state index in [1.165, 1.54) is 6.92 Å². The minimum atomic E-state index is -0.0733. The minimum Gasteiger partial charge on any atom is -0.475 e. The lowest BCUT2D eigenvalue weighted by Gasteiger charge is -2.09. The molecule has 0 fully saturated rings. The summed E-state index contributed by atoms with van der Waals surface area (Å²) < 4.78 is 5.31. The molecule has 0 aliphatic carbocycles. The SMILES string of the molecule is CC(=O)NCCc1cnc(C)nc1OCCO. The molecule has 0 saturated carbocycles. The van der Waals surface area contributed by atoms with Crippen molar-refractivity contribution in [2.24, 2.45) is 0 Å². The first-order chi connectivity index (χ1) is 8.13. The summed E-state index contributed by atoms with van der Waals surface area (Å²) in [6.07, 6.45) is 2.28. The van der Waals surface area contributed by atoms with Gasteiger partial charge >= 0.3 is 0 Å². The van der Waals surface area contributed by atoms with Gasteiger partial charge in [0.15, 0.2) is 0 Å². The molecular weight excluding hydrogens is 222 g/mol. The third kappa shape index (κ3) is 4.78. The van der Waals surface area contributed by atoms with Crippen LogP contribution in [0.25, 0.3) is 0 Å². The molecule has 1 aromatic rings. The van der Waals surface area contributed by atoms with E-state index in [4.69, 9.17) is 9.84 Å². The molecule has 0 unspecified atom stereocenters. The Hall–Kier alpha value is -1.69. The molecule has 0 aliphatic rings. The lowest BCUT2D eigenvalue weighted by atomic mass is 10.2. The number of nitrogens with zero attached hydrogens (tertiary/aromatic N) is 2. The van der Waals surface area contributed by atoms with Crippen LogP contribution in [0.5, 0.6) is 5.88 Å². The van der Waals surface area contributed by atoms with Crippen molar-refractivity contribution in [2.75, 3.05) is 19.8 Å². The Labute approximate surface area is 100 Å². The van der Waals surface area contributed by atoms with E-state index in [9.17, 15) is 4.79 Å². The number of carbonyl (C=O) groups excluding carboxylic acids is 1. The number of aliphatic hydroxyl groups is 1. The molecule has 6 heteroatoms. The number of aliphatic hydroxyl groups excluding tert-OH is 1. The number of amides is 1. The molecule has 1 aromatic heterocycles. The molecule has 0 spiro atoms. The van der Waals surface area contributed by atoms with Crippen molar-refractivity contribution in [3.8, 4) is 5.88 Å². The van der Waals surface area contributed by atoms with E-state index in [0.29, 0.717) is 24.7 Å². The molecular formula is C11H17N3O3. The fourth-order valence-electron chi connectivity index (χ4n) is 1.29. The molecule has 1 amide bonds. The van der Waals surface area contributed by atoms with Crippen LogP contribution >= 0.6 is 0 Å². The van der Waals surface area contributed by atoms with Crippen molar-refractivity contribution in [1.82, 2.24) is 15.3 Å². The highest BCUT2D eigenvalue weighted by Gasteiger charge is 2.07. The zero-order chi connectivity index (χ0) is 12.7. The summed E-state index contributed by atoms with van der Waals surface area (Å²) in [5.74, 6) is 1.01. The molecule has 0 bridgehead atoms. The third-order valence-corrected chi connectivity index (χ3v) is 2.04. The number of aromatic nitrogens is 2. The van der Waals surface area contributed by atoms with Crippen LogP contribution < -0.4 is 10.1 Å². The van der Waals surface area contributed by atoms with Gasteiger partial charge in [0.25, 0.3) is 0 Å². The third-order valence-electron chi connectivity index (χ3n) is 2.04. The number of ether oxygens (including phenoxy) is 1. The molecule has 0 saturated heterocycles. The zero-order valence-corrected chi connectivity index (χ0v) is 10.1. The lowest BCUT2D eigenvalue weighted by Crippen LogP contribution is -2.22. The van der Waals surface area contributed by atoms with Crippen molar-refractivity contribution in [3.05, 3.63) is 17.6 Å². The Morgan fingerprint density at radius 1 is 1.59 bits per heavy atom. The highest BCUT2D eigenvalue weighted by molar-refractivity contribution is 5.72. The fourth-order valence-corrected chi connectivity index (χ4v) is 1.29. The van der Waals surface area contributed by atoms with Gasteiger partial charge in [0.2, 0.25) is 11.8 Å². The van der Waals surface area contributed by atoms with E-state index in [1.807, 2.05) is 0 Å². The Bertz CT molecular complexity index is 382. The lowest BCUT2D eigenvalue weighted by molar-refractivity contribution is -0.118. The molecule has 6 nitrogen and oxygen atoms in total. The van der Waals surface area contributed by atoms with E-state index in [2.05, 4.69) is 15.3 Å². The summed E-state index contributed by atoms with van der Waals surface area (Å²) in [7, 11) is 0. The predicted octanol–water partition coefficient (Wildman–Crippen LogP) is -0.165. The molecule has 2 N–H and O–H groups in total. The van der Waals surface area contributed by atoms with Crippen LogP contribution in [0, 0.1) is 6.92 Å². The topological polar surface area (TPSA) is 84.3 Å². The quantitative estimate of drug-likeness (QED) is 0.720. The zero-order valence-electron chi connectivity index (χ0n) is 10.1. The van der Waals surface area contributed by atoms with Gasteiger partial charge in [-0.15, -0.1) is 0 Å². The highest BCUT2D eigenvalue weighted by Crippen LogP contribution is 2.14. The molecule has 0 radical (unpaired) electrons. The van der Waals surface area contributed by atoms with Gasteiger partial charge in [-0.1, -0.05) is 0 Å². The average Bonchev–Trinajstić information content (AvgIpc) is 2.28. The van der Waals surface area contributed by atoms with E-state index in [-0.39, 0.29) is 19.1 Å². The van der Waals surface area contributed by atoms with Crippen LogP contribution in [0.4, 0.5) is 0 Å². The summed E-state index contributed by atoms with van der Waals surface area (Å²) in [4.78, 5) is 19.0. The van der Waals surface area contributed by atoms with Gasteiger partial charge in [-0.3, -0.25) is 4.79 Å². The summed E-state index contributed by atoms with van der Waals surface area (Å²) >= 11 is 0. The fraction of sp³-hybridized carbons (Fsp3) is 0.545. The minimum absolute atomic E-state index is 0.0613. The van der Waals surface area contributed by atoms with Gasteiger partial charge in [-0.2, -0.15) is 4.98 Å². The molecule has 0 aromatic carbocycles. The standard InChI is InChI=1S/C11H17N3O3/c1-8-13-7-10(3-4-12-9(2)16)11(14-8)17-6-5-15/h7,15H,3-6H2,1-2H3,(H,12,16). The Morgan fingerprint density at radius 3 is 3.00 bits per heavy atom. The number of hydrogen-bond donors (Lipinski definition) is 2. The first-order valence-electron chi connectivity index (χ1n) is 5.44. The van der Waals surface area contributed by atoms with Gasteiger partial charge < -0.3 is 15.2 Å². The second-order valence-corrected chi connectivity index (χ2v) is 3.55. The number of carbonyl (C=O) groups is 1. The number of rotatable bonds is 6. The van der Waals surface area contributed by atoms with Crippen molar-refractivity contribution in [2.45, 2.75) is 20.3 Å². The Kier molecular flexibility index (Phi) is 5.35. The maximum atomic E-state index is 10.7.